The summed E-state index contributed by atoms with van der Waals surface area (Å²) < 4.78 is 0. The molecule has 0 radical (unpaired) electrons. The van der Waals surface area contributed by atoms with Gasteiger partial charge in [0.25, 0.3) is 0 Å². The molecule has 0 aliphatic heterocycles. The molecule has 3 N–H and O–H groups in total. The predicted octanol–water partition coefficient (Wildman–Crippen LogP) is 3.74. The summed E-state index contributed by atoms with van der Waals surface area (Å²) in [7, 11) is 0. The highest BCUT2D eigenvalue weighted by atomic mass is 15.2. The first-order chi connectivity index (χ1) is 9.27. The number of unbranched alkanes of at least 4 members (excludes halogenated alkanes) is 1. The lowest BCUT2D eigenvalue weighted by Crippen LogP contribution is -2.00. The van der Waals surface area contributed by atoms with Crippen molar-refractivity contribution < 1.29 is 0 Å². The van der Waals surface area contributed by atoms with Crippen molar-refractivity contribution in [2.24, 2.45) is 0 Å². The van der Waals surface area contributed by atoms with Gasteiger partial charge in [-0.1, -0.05) is 26.7 Å². The van der Waals surface area contributed by atoms with Gasteiger partial charge in [-0.2, -0.15) is 5.10 Å². The summed E-state index contributed by atoms with van der Waals surface area (Å²) in [6.07, 6.45) is 8.29. The minimum atomic E-state index is 0.493. The van der Waals surface area contributed by atoms with Gasteiger partial charge in [0.15, 0.2) is 5.82 Å². The molecule has 19 heavy (non-hydrogen) atoms. The molecule has 0 fully saturated rings. The Kier molecular flexibility index (Phi) is 4.55. The van der Waals surface area contributed by atoms with Crippen molar-refractivity contribution in [3.05, 3.63) is 30.2 Å². The number of hydrogen-bond donors (Lipinski definition) is 2. The highest BCUT2D eigenvalue weighted by molar-refractivity contribution is 5.76. The SMILES string of the molecule is CCCCC(CC)c1[nH]nc(N)c1-c1ccncc1. The zero-order valence-electron chi connectivity index (χ0n) is 11.7. The molecule has 0 saturated heterocycles. The first-order valence-electron chi connectivity index (χ1n) is 7.02. The Hall–Kier alpha value is -1.84. The number of nitrogens with two attached hydrogens (primary N) is 1. The van der Waals surface area contributed by atoms with Gasteiger partial charge in [0, 0.05) is 29.6 Å². The lowest BCUT2D eigenvalue weighted by Gasteiger charge is -2.15. The molecule has 0 saturated carbocycles. The van der Waals surface area contributed by atoms with Crippen LogP contribution in [0.1, 0.15) is 51.1 Å². The number of anilines is 1. The smallest absolute Gasteiger partial charge is 0.153 e. The molecule has 1 atom stereocenters. The average Bonchev–Trinajstić information content (AvgIpc) is 2.83. The van der Waals surface area contributed by atoms with Crippen LogP contribution >= 0.6 is 0 Å². The van der Waals surface area contributed by atoms with E-state index < -0.39 is 0 Å². The summed E-state index contributed by atoms with van der Waals surface area (Å²) in [5.41, 5.74) is 9.33. The molecule has 0 aliphatic rings. The van der Waals surface area contributed by atoms with Gasteiger partial charge < -0.3 is 5.73 Å². The number of nitrogen functional groups attached to an aromatic ring is 1. The second kappa shape index (κ2) is 6.36. The van der Waals surface area contributed by atoms with E-state index in [1.54, 1.807) is 12.4 Å². The predicted molar refractivity (Wildman–Crippen MR) is 78.8 cm³/mol. The number of pyridine rings is 1. The van der Waals surface area contributed by atoms with Gasteiger partial charge in [-0.25, -0.2) is 0 Å². The van der Waals surface area contributed by atoms with Crippen molar-refractivity contribution in [1.29, 1.82) is 0 Å². The van der Waals surface area contributed by atoms with E-state index in [9.17, 15) is 0 Å². The Balaban J connectivity index is 2.36. The number of H-pyrrole nitrogens is 1. The second-order valence-electron chi connectivity index (χ2n) is 4.88. The molecule has 1 unspecified atom stereocenters. The number of rotatable bonds is 6. The highest BCUT2D eigenvalue weighted by Gasteiger charge is 2.19. The molecule has 0 spiro atoms. The van der Waals surface area contributed by atoms with E-state index in [1.165, 1.54) is 25.0 Å². The second-order valence-corrected chi connectivity index (χ2v) is 4.88. The normalized spacial score (nSPS) is 12.5. The molecule has 0 aliphatic carbocycles. The van der Waals surface area contributed by atoms with Crippen LogP contribution in [0.3, 0.4) is 0 Å². The van der Waals surface area contributed by atoms with Crippen molar-refractivity contribution in [3.8, 4) is 11.1 Å². The van der Waals surface area contributed by atoms with Crippen molar-refractivity contribution in [2.45, 2.75) is 45.4 Å². The number of hydrogen-bond acceptors (Lipinski definition) is 3. The standard InChI is InChI=1S/C15H22N4/c1-3-5-6-11(4-2)14-13(15(16)19-18-14)12-7-9-17-10-8-12/h7-11H,3-6H2,1-2H3,(H3,16,18,19). The van der Waals surface area contributed by atoms with Gasteiger partial charge in [-0.05, 0) is 30.5 Å². The fourth-order valence-electron chi connectivity index (χ4n) is 2.49. The van der Waals surface area contributed by atoms with E-state index in [0.29, 0.717) is 11.7 Å². The van der Waals surface area contributed by atoms with Crippen LogP contribution in [0.25, 0.3) is 11.1 Å². The van der Waals surface area contributed by atoms with Crippen LogP contribution in [0.2, 0.25) is 0 Å². The Bertz CT molecular complexity index is 504. The Morgan fingerprint density at radius 2 is 2.00 bits per heavy atom. The Morgan fingerprint density at radius 1 is 1.26 bits per heavy atom. The third-order valence-electron chi connectivity index (χ3n) is 3.60. The molecule has 2 rings (SSSR count). The first-order valence-corrected chi connectivity index (χ1v) is 7.02. The maximum atomic E-state index is 6.03. The van der Waals surface area contributed by atoms with E-state index in [1.807, 2.05) is 12.1 Å². The lowest BCUT2D eigenvalue weighted by atomic mass is 9.91. The van der Waals surface area contributed by atoms with Gasteiger partial charge in [0.05, 0.1) is 0 Å². The van der Waals surface area contributed by atoms with Crippen molar-refractivity contribution >= 4 is 5.82 Å². The third-order valence-corrected chi connectivity index (χ3v) is 3.60. The van der Waals surface area contributed by atoms with Crippen molar-refractivity contribution in [2.75, 3.05) is 5.73 Å². The topological polar surface area (TPSA) is 67.6 Å². The van der Waals surface area contributed by atoms with Crippen LogP contribution < -0.4 is 5.73 Å². The molecule has 4 heteroatoms. The van der Waals surface area contributed by atoms with Gasteiger partial charge in [0.1, 0.15) is 0 Å². The third kappa shape index (κ3) is 2.95. The van der Waals surface area contributed by atoms with Gasteiger partial charge >= 0.3 is 0 Å². The Morgan fingerprint density at radius 3 is 2.63 bits per heavy atom. The summed E-state index contributed by atoms with van der Waals surface area (Å²) >= 11 is 0. The molecular formula is C15H22N4. The molecule has 102 valence electrons. The molecule has 0 aromatic carbocycles. The molecule has 4 nitrogen and oxygen atoms in total. The van der Waals surface area contributed by atoms with E-state index in [-0.39, 0.29) is 0 Å². The molecule has 0 bridgehead atoms. The van der Waals surface area contributed by atoms with E-state index in [0.717, 1.165) is 17.5 Å². The summed E-state index contributed by atoms with van der Waals surface area (Å²) in [5, 5.41) is 7.34. The van der Waals surface area contributed by atoms with Crippen LogP contribution in [-0.4, -0.2) is 15.2 Å². The van der Waals surface area contributed by atoms with Crippen LogP contribution in [0, 0.1) is 0 Å². The lowest BCUT2D eigenvalue weighted by molar-refractivity contribution is 0.557. The maximum absolute atomic E-state index is 6.03. The summed E-state index contributed by atoms with van der Waals surface area (Å²) in [5.74, 6) is 1.07. The van der Waals surface area contributed by atoms with Crippen LogP contribution in [0.4, 0.5) is 5.82 Å². The number of nitrogens with one attached hydrogen (secondary N) is 1. The minimum absolute atomic E-state index is 0.493. The molecule has 2 heterocycles. The number of aromatic nitrogens is 3. The molecular weight excluding hydrogens is 236 g/mol. The minimum Gasteiger partial charge on any atom is -0.382 e. The highest BCUT2D eigenvalue weighted by Crippen LogP contribution is 2.35. The number of nitrogens with zero attached hydrogens (tertiary/aromatic N) is 2. The monoisotopic (exact) mass is 258 g/mol. The largest absolute Gasteiger partial charge is 0.382 e. The fraction of sp³-hybridized carbons (Fsp3) is 0.467. The van der Waals surface area contributed by atoms with Gasteiger partial charge in [0.2, 0.25) is 0 Å². The quantitative estimate of drug-likeness (QED) is 0.829. The summed E-state index contributed by atoms with van der Waals surface area (Å²) in [4.78, 5) is 4.06. The van der Waals surface area contributed by atoms with Crippen LogP contribution in [-0.2, 0) is 0 Å². The average molecular weight is 258 g/mol. The van der Waals surface area contributed by atoms with Crippen LogP contribution in [0.5, 0.6) is 0 Å². The Labute approximate surface area is 114 Å². The zero-order valence-corrected chi connectivity index (χ0v) is 11.7. The fourth-order valence-corrected chi connectivity index (χ4v) is 2.49. The zero-order chi connectivity index (χ0) is 13.7. The van der Waals surface area contributed by atoms with Crippen molar-refractivity contribution in [3.63, 3.8) is 0 Å². The maximum Gasteiger partial charge on any atom is 0.153 e. The molecule has 2 aromatic heterocycles. The number of aromatic amines is 1. The van der Waals surface area contributed by atoms with Crippen LogP contribution in [0.15, 0.2) is 24.5 Å². The van der Waals surface area contributed by atoms with Gasteiger partial charge in [-0.3, -0.25) is 10.1 Å². The van der Waals surface area contributed by atoms with Crippen molar-refractivity contribution in [1.82, 2.24) is 15.2 Å². The summed E-state index contributed by atoms with van der Waals surface area (Å²) in [6, 6.07) is 3.97. The molecule has 2 aromatic rings. The van der Waals surface area contributed by atoms with E-state index in [4.69, 9.17) is 5.73 Å². The summed E-state index contributed by atoms with van der Waals surface area (Å²) in [6.45, 7) is 4.44. The van der Waals surface area contributed by atoms with E-state index in [2.05, 4.69) is 29.0 Å². The molecule has 0 amide bonds. The first kappa shape index (κ1) is 13.6. The van der Waals surface area contributed by atoms with E-state index >= 15 is 0 Å². The van der Waals surface area contributed by atoms with Gasteiger partial charge in [-0.15, -0.1) is 0 Å².